The fourth-order valence-corrected chi connectivity index (χ4v) is 7.16. The van der Waals surface area contributed by atoms with Crippen molar-refractivity contribution in [2.45, 2.75) is 6.54 Å². The number of nitrogens with zero attached hydrogens (tertiary/aromatic N) is 2. The van der Waals surface area contributed by atoms with Gasteiger partial charge in [-0.05, 0) is 12.1 Å². The number of para-hydroxylation sites is 1. The first kappa shape index (κ1) is 46.4. The van der Waals surface area contributed by atoms with Crippen LogP contribution >= 0.6 is 0 Å². The molecule has 330 valence electrons. The lowest BCUT2D eigenvalue weighted by Crippen LogP contribution is -2.81. The van der Waals surface area contributed by atoms with Crippen molar-refractivity contribution < 1.29 is 92.4 Å². The van der Waals surface area contributed by atoms with Crippen LogP contribution in [0.25, 0.3) is 10.9 Å². The Morgan fingerprint density at radius 2 is 0.656 bits per heavy atom. The first-order valence-electron chi connectivity index (χ1n) is 17.2. The van der Waals surface area contributed by atoms with Crippen molar-refractivity contribution in [3.8, 4) is 6.07 Å². The highest BCUT2D eigenvalue weighted by Gasteiger charge is 2.52. The smallest absolute Gasteiger partial charge is 0.207 e. The maximum absolute atomic E-state index is 15.4. The average Bonchev–Trinajstić information content (AvgIpc) is 3.29. The summed E-state index contributed by atoms with van der Waals surface area (Å²) in [4.78, 5) is 0. The van der Waals surface area contributed by atoms with Crippen LogP contribution < -0.4 is 26.4 Å². The lowest BCUT2D eigenvalue weighted by atomic mass is 9.12. The van der Waals surface area contributed by atoms with E-state index in [0.717, 1.165) is 17.4 Å². The topological polar surface area (TPSA) is 27.7 Å². The van der Waals surface area contributed by atoms with Crippen LogP contribution in [-0.4, -0.2) is 6.15 Å². The molecule has 0 atom stereocenters. The van der Waals surface area contributed by atoms with Gasteiger partial charge in [0, 0.05) is 17.0 Å². The minimum absolute atomic E-state index is 0.689. The SMILES string of the molecule is Fc1c(F)c(F)c([B-](c2c(F)c(F)c(F)c(F)c2F)(c2c(F)c(F)c(F)c(F)c2F)c2c(F)c(F)c(F)c(F)c2F)c(F)c1F.N#Cc1cc2ccccc2[n+](Cc2ccccc2)c1. The fourth-order valence-electron chi connectivity index (χ4n) is 7.16. The second kappa shape index (κ2) is 17.2. The Labute approximate surface area is 343 Å². The maximum Gasteiger partial charge on any atom is 0.212 e. The molecule has 0 amide bonds. The normalized spacial score (nSPS) is 11.5. The third kappa shape index (κ3) is 7.09. The van der Waals surface area contributed by atoms with Gasteiger partial charge in [0.05, 0.1) is 0 Å². The van der Waals surface area contributed by atoms with E-state index < -0.39 is 144 Å². The summed E-state index contributed by atoms with van der Waals surface area (Å²) in [7, 11) is 0. The Hall–Kier alpha value is -7.12. The molecule has 2 nitrogen and oxygen atoms in total. The predicted octanol–water partition coefficient (Wildman–Crippen LogP) is 8.89. The molecule has 0 radical (unpaired) electrons. The van der Waals surface area contributed by atoms with E-state index >= 15 is 35.1 Å². The molecule has 6 aromatic carbocycles. The molecular formula is C41H13BF20N2. The van der Waals surface area contributed by atoms with Crippen molar-refractivity contribution in [2.24, 2.45) is 0 Å². The summed E-state index contributed by atoms with van der Waals surface area (Å²) in [5.41, 5.74) is -11.3. The summed E-state index contributed by atoms with van der Waals surface area (Å²) in [6, 6.07) is 22.6. The molecule has 0 aliphatic heterocycles. The van der Waals surface area contributed by atoms with Crippen LogP contribution in [0.4, 0.5) is 87.8 Å². The van der Waals surface area contributed by atoms with Gasteiger partial charge in [0.25, 0.3) is 0 Å². The molecule has 0 aliphatic carbocycles. The first-order chi connectivity index (χ1) is 30.1. The van der Waals surface area contributed by atoms with E-state index in [9.17, 15) is 52.7 Å². The van der Waals surface area contributed by atoms with Crippen LogP contribution in [0.15, 0.2) is 66.9 Å². The quantitative estimate of drug-likeness (QED) is 0.0539. The second-order valence-corrected chi connectivity index (χ2v) is 13.3. The van der Waals surface area contributed by atoms with Crippen LogP contribution in [0, 0.1) is 128 Å². The maximum atomic E-state index is 15.4. The van der Waals surface area contributed by atoms with Gasteiger partial charge in [0.1, 0.15) is 64.3 Å². The molecular weight excluding hydrogens is 911 g/mol. The van der Waals surface area contributed by atoms with Gasteiger partial charge in [-0.3, -0.25) is 0 Å². The number of hydrogen-bond donors (Lipinski definition) is 0. The van der Waals surface area contributed by atoms with E-state index in [1.165, 1.54) is 5.56 Å². The Morgan fingerprint density at radius 1 is 0.375 bits per heavy atom. The summed E-state index contributed by atoms with van der Waals surface area (Å²) >= 11 is 0. The van der Waals surface area contributed by atoms with Gasteiger partial charge in [0.2, 0.25) is 5.52 Å². The van der Waals surface area contributed by atoms with E-state index in [1.54, 1.807) is 0 Å². The summed E-state index contributed by atoms with van der Waals surface area (Å²) in [5.74, 6) is -71.4. The minimum atomic E-state index is -7.22. The highest BCUT2D eigenvalue weighted by molar-refractivity contribution is 7.20. The molecule has 0 aliphatic rings. The van der Waals surface area contributed by atoms with E-state index in [1.807, 2.05) is 48.7 Å². The number of nitriles is 1. The molecule has 7 aromatic rings. The molecule has 0 saturated carbocycles. The van der Waals surface area contributed by atoms with Gasteiger partial charge in [-0.25, -0.2) is 87.8 Å². The average molecular weight is 924 g/mol. The molecule has 1 aromatic heterocycles. The highest BCUT2D eigenvalue weighted by Crippen LogP contribution is 2.31. The van der Waals surface area contributed by atoms with Crippen molar-refractivity contribution in [1.29, 1.82) is 5.26 Å². The van der Waals surface area contributed by atoms with Crippen LogP contribution in [0.2, 0.25) is 0 Å². The minimum Gasteiger partial charge on any atom is -0.207 e. The molecule has 64 heavy (non-hydrogen) atoms. The molecule has 0 bridgehead atoms. The lowest BCUT2D eigenvalue weighted by molar-refractivity contribution is -0.662. The number of rotatable bonds is 6. The van der Waals surface area contributed by atoms with Gasteiger partial charge < -0.3 is 0 Å². The molecule has 0 fully saturated rings. The molecule has 0 saturated heterocycles. The van der Waals surface area contributed by atoms with E-state index in [2.05, 4.69) is 28.8 Å². The number of pyridine rings is 1. The van der Waals surface area contributed by atoms with Gasteiger partial charge in [-0.15, -0.1) is 21.9 Å². The third-order valence-electron chi connectivity index (χ3n) is 9.88. The Morgan fingerprint density at radius 3 is 0.969 bits per heavy atom. The number of benzene rings is 6. The van der Waals surface area contributed by atoms with Crippen LogP contribution in [0.3, 0.4) is 0 Å². The number of halogens is 20. The zero-order valence-electron chi connectivity index (χ0n) is 30.6. The van der Waals surface area contributed by atoms with Crippen molar-refractivity contribution in [3.63, 3.8) is 0 Å². The fraction of sp³-hybridized carbons (Fsp3) is 0.0244. The number of aromatic nitrogens is 1. The zero-order chi connectivity index (χ0) is 47.4. The molecule has 23 heteroatoms. The number of hydrogen-bond acceptors (Lipinski definition) is 1. The zero-order valence-corrected chi connectivity index (χ0v) is 30.6. The molecule has 7 rings (SSSR count). The van der Waals surface area contributed by atoms with E-state index in [4.69, 9.17) is 5.26 Å². The lowest BCUT2D eigenvalue weighted by Gasteiger charge is -2.44. The Kier molecular flexibility index (Phi) is 12.5. The largest absolute Gasteiger partial charge is 0.212 e. The Balaban J connectivity index is 0.000000295. The summed E-state index contributed by atoms with van der Waals surface area (Å²) < 4.78 is 296. The van der Waals surface area contributed by atoms with Gasteiger partial charge >= 0.3 is 0 Å². The predicted molar refractivity (Wildman–Crippen MR) is 184 cm³/mol. The van der Waals surface area contributed by atoms with E-state index in [0.29, 0.717) is 5.56 Å². The summed E-state index contributed by atoms with van der Waals surface area (Å²) in [6.07, 6.45) is -5.31. The molecule has 0 N–H and O–H groups in total. The van der Waals surface area contributed by atoms with Crippen LogP contribution in [0.1, 0.15) is 11.1 Å². The van der Waals surface area contributed by atoms with Gasteiger partial charge in [-0.2, -0.15) is 9.83 Å². The standard InChI is InChI=1S/C24BF20.C17H13N2/c26-5-1(6(27)14(35)21(42)13(5)34)25(2-7(28)15(36)22(43)16(37)8(2)29,3-9(30)17(38)23(44)18(39)10(3)31)4-11(32)19(40)24(45)20(41)12(4)33;18-11-15-10-16-8-4-5-9-17(16)19(13-15)12-14-6-2-1-3-7-14/h;1-10,13H,12H2/q-1;+1. The van der Waals surface area contributed by atoms with Crippen molar-refractivity contribution in [3.05, 3.63) is 194 Å². The van der Waals surface area contributed by atoms with Crippen LogP contribution in [-0.2, 0) is 6.54 Å². The van der Waals surface area contributed by atoms with Gasteiger partial charge in [0.15, 0.2) is 82.5 Å². The Bertz CT molecular complexity index is 2720. The monoisotopic (exact) mass is 924 g/mol. The van der Waals surface area contributed by atoms with Crippen molar-refractivity contribution in [1.82, 2.24) is 0 Å². The first-order valence-corrected chi connectivity index (χ1v) is 17.2. The van der Waals surface area contributed by atoms with Crippen molar-refractivity contribution >= 4 is 38.9 Å². The molecule has 0 spiro atoms. The number of fused-ring (bicyclic) bond motifs is 1. The molecule has 0 unspecified atom stereocenters. The highest BCUT2D eigenvalue weighted by atomic mass is 19.2. The van der Waals surface area contributed by atoms with E-state index in [-0.39, 0.29) is 0 Å². The second-order valence-electron chi connectivity index (χ2n) is 13.3. The van der Waals surface area contributed by atoms with Crippen molar-refractivity contribution in [2.75, 3.05) is 0 Å². The summed E-state index contributed by atoms with van der Waals surface area (Å²) in [6.45, 7) is 0.775. The molecule has 1 heterocycles. The van der Waals surface area contributed by atoms with Crippen LogP contribution in [0.5, 0.6) is 0 Å². The van der Waals surface area contributed by atoms with Gasteiger partial charge in [-0.1, -0.05) is 42.5 Å². The third-order valence-corrected chi connectivity index (χ3v) is 9.88. The summed E-state index contributed by atoms with van der Waals surface area (Å²) in [5, 5.41) is 10.2.